The lowest BCUT2D eigenvalue weighted by Crippen LogP contribution is -2.32. The molecular weight excluding hydrogens is 390 g/mol. The number of carbonyl (C=O) groups excluding carboxylic acids is 1. The Labute approximate surface area is 173 Å². The van der Waals surface area contributed by atoms with Crippen molar-refractivity contribution in [3.8, 4) is 0 Å². The zero-order chi connectivity index (χ0) is 20.1. The number of aromatic nitrogens is 2. The molecule has 0 aliphatic carbocycles. The van der Waals surface area contributed by atoms with Crippen molar-refractivity contribution in [1.82, 2.24) is 14.9 Å². The number of hydrogen-bond acceptors (Lipinski definition) is 5. The van der Waals surface area contributed by atoms with E-state index in [9.17, 15) is 9.59 Å². The average Bonchev–Trinajstić information content (AvgIpc) is 3.12. The van der Waals surface area contributed by atoms with Crippen LogP contribution in [0.5, 0.6) is 0 Å². The Balaban J connectivity index is 1.98. The number of hydrogen-bond donors (Lipinski definition) is 1. The largest absolute Gasteiger partial charge is 0.355 e. The molecule has 1 atom stereocenters. The highest BCUT2D eigenvalue weighted by Gasteiger charge is 2.20. The van der Waals surface area contributed by atoms with Gasteiger partial charge in [0.05, 0.1) is 10.6 Å². The summed E-state index contributed by atoms with van der Waals surface area (Å²) in [4.78, 5) is 32.0. The number of amides is 1. The Kier molecular flexibility index (Phi) is 6.91. The van der Waals surface area contributed by atoms with Crippen molar-refractivity contribution in [2.45, 2.75) is 50.6 Å². The third-order valence-electron chi connectivity index (χ3n) is 4.48. The van der Waals surface area contributed by atoms with Crippen molar-refractivity contribution in [3.63, 3.8) is 0 Å². The Morgan fingerprint density at radius 3 is 2.71 bits per heavy atom. The SMILES string of the molecule is CCNC(=O)[C@H](C)Sc1nc2sc(CC)cc2c(=O)n1CCc1ccccc1. The van der Waals surface area contributed by atoms with Crippen LogP contribution >= 0.6 is 23.1 Å². The topological polar surface area (TPSA) is 64.0 Å². The van der Waals surface area contributed by atoms with Crippen molar-refractivity contribution in [1.29, 1.82) is 0 Å². The van der Waals surface area contributed by atoms with E-state index in [2.05, 4.69) is 24.4 Å². The van der Waals surface area contributed by atoms with Crippen molar-refractivity contribution in [2.24, 2.45) is 0 Å². The van der Waals surface area contributed by atoms with Gasteiger partial charge in [0.1, 0.15) is 4.83 Å². The van der Waals surface area contributed by atoms with E-state index in [0.717, 1.165) is 22.5 Å². The Morgan fingerprint density at radius 1 is 1.29 bits per heavy atom. The number of nitrogens with one attached hydrogen (secondary N) is 1. The molecule has 0 saturated heterocycles. The minimum Gasteiger partial charge on any atom is -0.355 e. The number of benzene rings is 1. The quantitative estimate of drug-likeness (QED) is 0.448. The predicted octanol–water partition coefficient (Wildman–Crippen LogP) is 3.88. The number of rotatable bonds is 8. The highest BCUT2D eigenvalue weighted by Crippen LogP contribution is 2.27. The van der Waals surface area contributed by atoms with Crippen molar-refractivity contribution >= 4 is 39.2 Å². The average molecular weight is 416 g/mol. The van der Waals surface area contributed by atoms with Gasteiger partial charge in [-0.15, -0.1) is 11.3 Å². The van der Waals surface area contributed by atoms with Crippen LogP contribution in [0.25, 0.3) is 10.2 Å². The number of thioether (sulfide) groups is 1. The second kappa shape index (κ2) is 9.39. The van der Waals surface area contributed by atoms with E-state index in [4.69, 9.17) is 4.98 Å². The monoisotopic (exact) mass is 415 g/mol. The van der Waals surface area contributed by atoms with Gasteiger partial charge in [0.25, 0.3) is 5.56 Å². The summed E-state index contributed by atoms with van der Waals surface area (Å²) in [6.45, 7) is 6.94. The molecule has 7 heteroatoms. The van der Waals surface area contributed by atoms with E-state index in [1.165, 1.54) is 17.3 Å². The molecule has 5 nitrogen and oxygen atoms in total. The molecule has 0 spiro atoms. The van der Waals surface area contributed by atoms with Crippen LogP contribution in [0.1, 0.15) is 31.2 Å². The molecule has 3 rings (SSSR count). The van der Waals surface area contributed by atoms with Crippen LogP contribution in [0.4, 0.5) is 0 Å². The summed E-state index contributed by atoms with van der Waals surface area (Å²) in [6.07, 6.45) is 1.62. The fraction of sp³-hybridized carbons (Fsp3) is 0.381. The van der Waals surface area contributed by atoms with Crippen molar-refractivity contribution < 1.29 is 4.79 Å². The zero-order valence-corrected chi connectivity index (χ0v) is 18.0. The molecule has 3 aromatic rings. The number of thiophene rings is 1. The van der Waals surface area contributed by atoms with Gasteiger partial charge in [-0.1, -0.05) is 49.0 Å². The van der Waals surface area contributed by atoms with Gasteiger partial charge in [0, 0.05) is 18.0 Å². The molecule has 0 unspecified atom stereocenters. The van der Waals surface area contributed by atoms with Gasteiger partial charge in [-0.25, -0.2) is 4.98 Å². The first-order valence-corrected chi connectivity index (χ1v) is 11.2. The summed E-state index contributed by atoms with van der Waals surface area (Å²) in [6, 6.07) is 12.0. The molecule has 0 bridgehead atoms. The molecule has 2 aromatic heterocycles. The number of fused-ring (bicyclic) bond motifs is 1. The van der Waals surface area contributed by atoms with Crippen LogP contribution in [0, 0.1) is 0 Å². The fourth-order valence-electron chi connectivity index (χ4n) is 2.92. The van der Waals surface area contributed by atoms with E-state index in [0.29, 0.717) is 23.6 Å². The molecule has 28 heavy (non-hydrogen) atoms. The summed E-state index contributed by atoms with van der Waals surface area (Å²) in [5, 5.41) is 3.79. The van der Waals surface area contributed by atoms with Gasteiger partial charge >= 0.3 is 0 Å². The highest BCUT2D eigenvalue weighted by atomic mass is 32.2. The molecule has 1 aromatic carbocycles. The summed E-state index contributed by atoms with van der Waals surface area (Å²) in [7, 11) is 0. The third kappa shape index (κ3) is 4.64. The Bertz CT molecular complexity index is 1010. The van der Waals surface area contributed by atoms with Crippen LogP contribution in [0.15, 0.2) is 46.3 Å². The lowest BCUT2D eigenvalue weighted by molar-refractivity contribution is -0.120. The van der Waals surface area contributed by atoms with Gasteiger partial charge in [0.15, 0.2) is 5.16 Å². The van der Waals surface area contributed by atoms with Gasteiger partial charge in [0.2, 0.25) is 5.91 Å². The molecule has 1 amide bonds. The molecule has 0 radical (unpaired) electrons. The van der Waals surface area contributed by atoms with Crippen LogP contribution in [-0.2, 0) is 24.2 Å². The lowest BCUT2D eigenvalue weighted by atomic mass is 10.1. The molecule has 0 fully saturated rings. The maximum absolute atomic E-state index is 13.2. The highest BCUT2D eigenvalue weighted by molar-refractivity contribution is 8.00. The molecular formula is C21H25N3O2S2. The van der Waals surface area contributed by atoms with Gasteiger partial charge in [-0.05, 0) is 38.3 Å². The molecule has 0 aliphatic rings. The number of aryl methyl sites for hydroxylation is 2. The molecule has 0 aliphatic heterocycles. The second-order valence-corrected chi connectivity index (χ2v) is 8.95. The summed E-state index contributed by atoms with van der Waals surface area (Å²) in [5.74, 6) is -0.0446. The lowest BCUT2D eigenvalue weighted by Gasteiger charge is -2.15. The van der Waals surface area contributed by atoms with E-state index in [1.54, 1.807) is 15.9 Å². The second-order valence-electron chi connectivity index (χ2n) is 6.53. The van der Waals surface area contributed by atoms with Gasteiger partial charge < -0.3 is 5.32 Å². The summed E-state index contributed by atoms with van der Waals surface area (Å²) in [5.41, 5.74) is 1.14. The van der Waals surface area contributed by atoms with E-state index in [1.807, 2.05) is 38.1 Å². The van der Waals surface area contributed by atoms with Gasteiger partial charge in [-0.3, -0.25) is 14.2 Å². The predicted molar refractivity (Wildman–Crippen MR) is 117 cm³/mol. The van der Waals surface area contributed by atoms with E-state index in [-0.39, 0.29) is 16.7 Å². The minimum atomic E-state index is -0.321. The third-order valence-corrected chi connectivity index (χ3v) is 6.75. The van der Waals surface area contributed by atoms with E-state index < -0.39 is 0 Å². The number of carbonyl (C=O) groups is 1. The first-order valence-electron chi connectivity index (χ1n) is 9.55. The van der Waals surface area contributed by atoms with E-state index >= 15 is 0 Å². The maximum atomic E-state index is 13.2. The molecule has 1 N–H and O–H groups in total. The summed E-state index contributed by atoms with van der Waals surface area (Å²) < 4.78 is 1.72. The van der Waals surface area contributed by atoms with Crippen LogP contribution in [-0.4, -0.2) is 27.3 Å². The standard InChI is InChI=1S/C21H25N3O2S2/c1-4-16-13-17-19(28-16)23-21(27-14(3)18(25)22-5-2)24(20(17)26)12-11-15-9-7-6-8-10-15/h6-10,13-14H,4-5,11-12H2,1-3H3,(H,22,25)/t14-/m0/s1. The normalized spacial score (nSPS) is 12.2. The van der Waals surface area contributed by atoms with Crippen LogP contribution < -0.4 is 10.9 Å². The Morgan fingerprint density at radius 2 is 2.04 bits per heavy atom. The van der Waals surface area contributed by atoms with Crippen molar-refractivity contribution in [2.75, 3.05) is 6.54 Å². The molecule has 148 valence electrons. The molecule has 0 saturated carbocycles. The number of nitrogens with zero attached hydrogens (tertiary/aromatic N) is 2. The minimum absolute atomic E-state index is 0.0255. The smallest absolute Gasteiger partial charge is 0.262 e. The first kappa shape index (κ1) is 20.6. The molecule has 2 heterocycles. The first-order chi connectivity index (χ1) is 13.5. The van der Waals surface area contributed by atoms with Crippen LogP contribution in [0.2, 0.25) is 0 Å². The Hall–Kier alpha value is -2.12. The van der Waals surface area contributed by atoms with Crippen molar-refractivity contribution in [3.05, 3.63) is 57.2 Å². The van der Waals surface area contributed by atoms with Gasteiger partial charge in [-0.2, -0.15) is 0 Å². The summed E-state index contributed by atoms with van der Waals surface area (Å²) >= 11 is 2.90. The fourth-order valence-corrected chi connectivity index (χ4v) is 4.89. The van der Waals surface area contributed by atoms with Crippen LogP contribution in [0.3, 0.4) is 0 Å². The maximum Gasteiger partial charge on any atom is 0.262 e. The zero-order valence-electron chi connectivity index (χ0n) is 16.4.